The molecule has 1 saturated heterocycles. The van der Waals surface area contributed by atoms with Gasteiger partial charge in [0.1, 0.15) is 0 Å². The Morgan fingerprint density at radius 3 is 2.35 bits per heavy atom. The van der Waals surface area contributed by atoms with Crippen molar-refractivity contribution in [2.75, 3.05) is 26.2 Å². The van der Waals surface area contributed by atoms with Crippen molar-refractivity contribution in [1.82, 2.24) is 10.2 Å². The number of morpholine rings is 1. The third-order valence-electron chi connectivity index (χ3n) is 3.11. The molecule has 1 rings (SSSR count). The van der Waals surface area contributed by atoms with Crippen molar-refractivity contribution in [2.45, 2.75) is 51.9 Å². The van der Waals surface area contributed by atoms with E-state index < -0.39 is 6.04 Å². The van der Waals surface area contributed by atoms with Gasteiger partial charge in [0.25, 0.3) is 0 Å². The zero-order valence-corrected chi connectivity index (χ0v) is 14.3. The lowest BCUT2D eigenvalue weighted by atomic mass is 10.2. The molecule has 3 atom stereocenters. The number of nitrogens with two attached hydrogens (primary N) is 1. The quantitative estimate of drug-likeness (QED) is 0.718. The van der Waals surface area contributed by atoms with E-state index in [1.165, 1.54) is 0 Å². The Balaban J connectivity index is 0. The molecule has 1 fully saturated rings. The molecule has 3 N–H and O–H groups in total. The molecule has 1 aliphatic rings. The van der Waals surface area contributed by atoms with E-state index >= 15 is 0 Å². The summed E-state index contributed by atoms with van der Waals surface area (Å²) in [6.07, 6.45) is 2.75. The number of carbonyl (C=O) groups excluding carboxylic acids is 1. The van der Waals surface area contributed by atoms with Gasteiger partial charge in [0, 0.05) is 19.6 Å². The molecule has 7 heteroatoms. The normalized spacial score (nSPS) is 24.2. The van der Waals surface area contributed by atoms with E-state index in [0.717, 1.165) is 39.0 Å². The second-order valence-corrected chi connectivity index (χ2v) is 5.30. The summed E-state index contributed by atoms with van der Waals surface area (Å²) in [4.78, 5) is 13.7. The zero-order chi connectivity index (χ0) is 13.5. The van der Waals surface area contributed by atoms with E-state index in [9.17, 15) is 4.79 Å². The van der Waals surface area contributed by atoms with Gasteiger partial charge in [-0.15, -0.1) is 24.8 Å². The van der Waals surface area contributed by atoms with Gasteiger partial charge in [-0.05, 0) is 40.2 Å². The lowest BCUT2D eigenvalue weighted by Gasteiger charge is -2.35. The van der Waals surface area contributed by atoms with E-state index in [4.69, 9.17) is 10.5 Å². The van der Waals surface area contributed by atoms with Crippen molar-refractivity contribution >= 4 is 30.7 Å². The molecule has 1 heterocycles. The Labute approximate surface area is 134 Å². The van der Waals surface area contributed by atoms with Crippen LogP contribution in [0, 0.1) is 0 Å². The van der Waals surface area contributed by atoms with E-state index in [2.05, 4.69) is 24.1 Å². The summed E-state index contributed by atoms with van der Waals surface area (Å²) in [6.45, 7) is 9.75. The summed E-state index contributed by atoms with van der Waals surface area (Å²) in [5.41, 5.74) is 5.46. The second kappa shape index (κ2) is 11.6. The molecule has 20 heavy (non-hydrogen) atoms. The number of amides is 1. The fraction of sp³-hybridized carbons (Fsp3) is 0.923. The van der Waals surface area contributed by atoms with Crippen LogP contribution in [0.5, 0.6) is 0 Å². The van der Waals surface area contributed by atoms with Gasteiger partial charge in [-0.3, -0.25) is 9.69 Å². The summed E-state index contributed by atoms with van der Waals surface area (Å²) in [6, 6.07) is -0.411. The van der Waals surface area contributed by atoms with Crippen molar-refractivity contribution in [2.24, 2.45) is 5.73 Å². The Morgan fingerprint density at radius 1 is 1.30 bits per heavy atom. The van der Waals surface area contributed by atoms with Crippen LogP contribution in [-0.2, 0) is 9.53 Å². The summed E-state index contributed by atoms with van der Waals surface area (Å²) in [5.74, 6) is -0.0661. The maximum absolute atomic E-state index is 11.2. The van der Waals surface area contributed by atoms with Gasteiger partial charge in [-0.2, -0.15) is 0 Å². The van der Waals surface area contributed by atoms with Crippen LogP contribution in [0.1, 0.15) is 33.6 Å². The molecule has 0 bridgehead atoms. The van der Waals surface area contributed by atoms with Crippen LogP contribution in [0.3, 0.4) is 0 Å². The van der Waals surface area contributed by atoms with E-state index in [0.29, 0.717) is 12.2 Å². The summed E-state index contributed by atoms with van der Waals surface area (Å²) >= 11 is 0. The van der Waals surface area contributed by atoms with Gasteiger partial charge in [-0.25, -0.2) is 0 Å². The predicted octanol–water partition coefficient (Wildman–Crippen LogP) is 1.18. The average molecular weight is 330 g/mol. The first-order valence-electron chi connectivity index (χ1n) is 6.90. The first-order valence-corrected chi connectivity index (χ1v) is 6.90. The molecule has 0 spiro atoms. The fourth-order valence-electron chi connectivity index (χ4n) is 2.30. The first kappa shape index (κ1) is 22.2. The summed E-state index contributed by atoms with van der Waals surface area (Å²) < 4.78 is 5.69. The van der Waals surface area contributed by atoms with Crippen LogP contribution in [-0.4, -0.2) is 55.2 Å². The molecule has 0 aromatic carbocycles. The number of nitrogens with zero attached hydrogens (tertiary/aromatic N) is 1. The van der Waals surface area contributed by atoms with E-state index in [1.807, 2.05) is 0 Å². The van der Waals surface area contributed by atoms with Crippen molar-refractivity contribution in [3.63, 3.8) is 0 Å². The Bertz CT molecular complexity index is 258. The van der Waals surface area contributed by atoms with Gasteiger partial charge in [0.2, 0.25) is 5.91 Å². The lowest BCUT2D eigenvalue weighted by molar-refractivity contribution is -0.121. The van der Waals surface area contributed by atoms with Crippen molar-refractivity contribution < 1.29 is 9.53 Å². The van der Waals surface area contributed by atoms with Gasteiger partial charge in [-0.1, -0.05) is 0 Å². The van der Waals surface area contributed by atoms with Gasteiger partial charge in [0.05, 0.1) is 18.2 Å². The number of rotatable bonds is 6. The number of hydrogen-bond acceptors (Lipinski definition) is 4. The Hall–Kier alpha value is -0.0700. The van der Waals surface area contributed by atoms with Crippen LogP contribution in [0.25, 0.3) is 0 Å². The average Bonchev–Trinajstić information content (AvgIpc) is 2.26. The third kappa shape index (κ3) is 8.97. The van der Waals surface area contributed by atoms with Crippen LogP contribution in [0.15, 0.2) is 0 Å². The summed E-state index contributed by atoms with van der Waals surface area (Å²) in [7, 11) is 0. The highest BCUT2D eigenvalue weighted by Crippen LogP contribution is 2.10. The fourth-order valence-corrected chi connectivity index (χ4v) is 2.30. The first-order chi connectivity index (χ1) is 8.49. The minimum atomic E-state index is -0.411. The van der Waals surface area contributed by atoms with Crippen LogP contribution in [0.2, 0.25) is 0 Å². The van der Waals surface area contributed by atoms with Crippen LogP contribution < -0.4 is 11.1 Å². The van der Waals surface area contributed by atoms with E-state index in [1.54, 1.807) is 6.92 Å². The highest BCUT2D eigenvalue weighted by molar-refractivity contribution is 5.85. The molecule has 1 amide bonds. The van der Waals surface area contributed by atoms with Gasteiger partial charge in [0.15, 0.2) is 0 Å². The van der Waals surface area contributed by atoms with Gasteiger partial charge < -0.3 is 15.8 Å². The highest BCUT2D eigenvalue weighted by Gasteiger charge is 2.21. The van der Waals surface area contributed by atoms with Crippen molar-refractivity contribution in [1.29, 1.82) is 0 Å². The molecular formula is C13H29Cl2N3O2. The summed E-state index contributed by atoms with van der Waals surface area (Å²) in [5, 5.41) is 2.83. The predicted molar refractivity (Wildman–Crippen MR) is 86.8 cm³/mol. The molecule has 0 aromatic rings. The number of nitrogens with one attached hydrogen (secondary N) is 1. The molecule has 0 aromatic heterocycles. The number of halogens is 2. The minimum absolute atomic E-state index is 0. The number of carbonyl (C=O) groups is 1. The largest absolute Gasteiger partial charge is 0.373 e. The monoisotopic (exact) mass is 329 g/mol. The molecule has 1 aliphatic heterocycles. The molecule has 0 saturated carbocycles. The molecule has 5 nitrogen and oxygen atoms in total. The topological polar surface area (TPSA) is 67.6 Å². The minimum Gasteiger partial charge on any atom is -0.373 e. The maximum atomic E-state index is 11.2. The van der Waals surface area contributed by atoms with E-state index in [-0.39, 0.29) is 30.7 Å². The maximum Gasteiger partial charge on any atom is 0.236 e. The standard InChI is InChI=1S/C13H27N3O2.2ClH/c1-10-8-16(9-11(2)18-10)7-5-4-6-15-13(17)12(3)14;;/h10-12H,4-9,14H2,1-3H3,(H,15,17);2*1H. The van der Waals surface area contributed by atoms with Crippen molar-refractivity contribution in [3.05, 3.63) is 0 Å². The SMILES string of the molecule is CC1CN(CCCCNC(=O)C(C)N)CC(C)O1.Cl.Cl. The van der Waals surface area contributed by atoms with Crippen molar-refractivity contribution in [3.8, 4) is 0 Å². The number of ether oxygens (including phenoxy) is 1. The third-order valence-corrected chi connectivity index (χ3v) is 3.11. The lowest BCUT2D eigenvalue weighted by Crippen LogP contribution is -2.45. The molecule has 0 radical (unpaired) electrons. The molecular weight excluding hydrogens is 301 g/mol. The molecule has 0 aliphatic carbocycles. The Morgan fingerprint density at radius 2 is 1.85 bits per heavy atom. The van der Waals surface area contributed by atoms with Crippen LogP contribution >= 0.6 is 24.8 Å². The number of hydrogen-bond donors (Lipinski definition) is 2. The highest BCUT2D eigenvalue weighted by atomic mass is 35.5. The zero-order valence-electron chi connectivity index (χ0n) is 12.6. The second-order valence-electron chi connectivity index (χ2n) is 5.30. The Kier molecular flexibility index (Phi) is 12.9. The van der Waals surface area contributed by atoms with Gasteiger partial charge >= 0.3 is 0 Å². The molecule has 122 valence electrons. The smallest absolute Gasteiger partial charge is 0.236 e. The molecule has 3 unspecified atom stereocenters. The van der Waals surface area contributed by atoms with Crippen LogP contribution in [0.4, 0.5) is 0 Å². The number of unbranched alkanes of at least 4 members (excludes halogenated alkanes) is 1.